The standard InChI is InChI=1S/C17H14F3N3/c1-2-14-22-15(11-6-8-21-9-7-11)16(23-14)12-4-3-5-13(10-12)17(18,19)20/h3-10H,2H2,1H3,(H,22,23). The largest absolute Gasteiger partial charge is 0.416 e. The Bertz CT molecular complexity index is 807. The summed E-state index contributed by atoms with van der Waals surface area (Å²) in [4.78, 5) is 11.6. The van der Waals surface area contributed by atoms with Gasteiger partial charge in [-0.05, 0) is 24.3 Å². The third kappa shape index (κ3) is 3.11. The smallest absolute Gasteiger partial charge is 0.341 e. The minimum Gasteiger partial charge on any atom is -0.341 e. The van der Waals surface area contributed by atoms with Crippen LogP contribution in [0.3, 0.4) is 0 Å². The Kier molecular flexibility index (Phi) is 3.90. The fourth-order valence-electron chi connectivity index (χ4n) is 2.37. The second kappa shape index (κ2) is 5.87. The summed E-state index contributed by atoms with van der Waals surface area (Å²) in [6.07, 6.45) is -0.441. The molecule has 0 saturated carbocycles. The van der Waals surface area contributed by atoms with Crippen molar-refractivity contribution in [2.75, 3.05) is 0 Å². The molecule has 0 aliphatic carbocycles. The van der Waals surface area contributed by atoms with E-state index in [0.29, 0.717) is 23.4 Å². The minimum absolute atomic E-state index is 0.433. The first-order chi connectivity index (χ1) is 11.0. The van der Waals surface area contributed by atoms with Gasteiger partial charge in [0.2, 0.25) is 0 Å². The molecule has 0 saturated heterocycles. The van der Waals surface area contributed by atoms with E-state index in [-0.39, 0.29) is 0 Å². The summed E-state index contributed by atoms with van der Waals surface area (Å²) in [5.41, 5.74) is 1.79. The van der Waals surface area contributed by atoms with Crippen LogP contribution in [0, 0.1) is 0 Å². The van der Waals surface area contributed by atoms with Gasteiger partial charge >= 0.3 is 6.18 Å². The van der Waals surface area contributed by atoms with Gasteiger partial charge in [0.15, 0.2) is 0 Å². The SMILES string of the molecule is CCc1nc(-c2cccc(C(F)(F)F)c2)c(-c2ccncc2)[nH]1. The first kappa shape index (κ1) is 15.3. The van der Waals surface area contributed by atoms with E-state index in [1.807, 2.05) is 6.92 Å². The molecule has 23 heavy (non-hydrogen) atoms. The number of aromatic amines is 1. The van der Waals surface area contributed by atoms with Crippen molar-refractivity contribution in [3.8, 4) is 22.5 Å². The molecule has 3 aromatic rings. The van der Waals surface area contributed by atoms with Crippen LogP contribution in [-0.4, -0.2) is 15.0 Å². The summed E-state index contributed by atoms with van der Waals surface area (Å²) < 4.78 is 38.8. The van der Waals surface area contributed by atoms with E-state index >= 15 is 0 Å². The molecule has 1 aromatic carbocycles. The highest BCUT2D eigenvalue weighted by molar-refractivity contribution is 5.78. The number of hydrogen-bond acceptors (Lipinski definition) is 2. The lowest BCUT2D eigenvalue weighted by molar-refractivity contribution is -0.137. The van der Waals surface area contributed by atoms with Gasteiger partial charge in [0.25, 0.3) is 0 Å². The predicted octanol–water partition coefficient (Wildman–Crippen LogP) is 4.72. The molecule has 0 atom stereocenters. The number of nitrogens with one attached hydrogen (secondary N) is 1. The molecule has 3 rings (SSSR count). The molecule has 2 heterocycles. The Morgan fingerprint density at radius 2 is 1.78 bits per heavy atom. The number of halogens is 3. The predicted molar refractivity (Wildman–Crippen MR) is 81.6 cm³/mol. The highest BCUT2D eigenvalue weighted by Gasteiger charge is 2.30. The summed E-state index contributed by atoms with van der Waals surface area (Å²) in [7, 11) is 0. The molecule has 0 fully saturated rings. The molecule has 2 aromatic heterocycles. The highest BCUT2D eigenvalue weighted by atomic mass is 19.4. The van der Waals surface area contributed by atoms with E-state index in [1.165, 1.54) is 6.07 Å². The van der Waals surface area contributed by atoms with Gasteiger partial charge in [0, 0.05) is 29.9 Å². The average Bonchev–Trinajstić information content (AvgIpc) is 2.99. The maximum Gasteiger partial charge on any atom is 0.416 e. The third-order valence-corrected chi connectivity index (χ3v) is 3.52. The summed E-state index contributed by atoms with van der Waals surface area (Å²) in [6, 6.07) is 8.81. The second-order valence-electron chi connectivity index (χ2n) is 5.08. The van der Waals surface area contributed by atoms with E-state index in [0.717, 1.165) is 23.5 Å². The van der Waals surface area contributed by atoms with E-state index in [4.69, 9.17) is 0 Å². The van der Waals surface area contributed by atoms with Crippen molar-refractivity contribution in [2.45, 2.75) is 19.5 Å². The quantitative estimate of drug-likeness (QED) is 0.759. The lowest BCUT2D eigenvalue weighted by Gasteiger charge is -2.08. The van der Waals surface area contributed by atoms with Crippen LogP contribution in [0.1, 0.15) is 18.3 Å². The molecule has 0 amide bonds. The number of alkyl halides is 3. The normalized spacial score (nSPS) is 11.7. The van der Waals surface area contributed by atoms with E-state index in [9.17, 15) is 13.2 Å². The number of imidazole rings is 1. The highest BCUT2D eigenvalue weighted by Crippen LogP contribution is 2.35. The molecule has 6 heteroatoms. The van der Waals surface area contributed by atoms with Gasteiger partial charge in [-0.1, -0.05) is 19.1 Å². The van der Waals surface area contributed by atoms with Crippen molar-refractivity contribution in [2.24, 2.45) is 0 Å². The molecule has 0 bridgehead atoms. The van der Waals surface area contributed by atoms with Gasteiger partial charge in [-0.3, -0.25) is 4.98 Å². The Morgan fingerprint density at radius 3 is 2.43 bits per heavy atom. The Hall–Kier alpha value is -2.63. The van der Waals surface area contributed by atoms with Crippen LogP contribution < -0.4 is 0 Å². The number of aryl methyl sites for hydroxylation is 1. The van der Waals surface area contributed by atoms with Gasteiger partial charge in [-0.15, -0.1) is 0 Å². The Labute approximate surface area is 131 Å². The van der Waals surface area contributed by atoms with Crippen LogP contribution in [0.15, 0.2) is 48.8 Å². The number of H-pyrrole nitrogens is 1. The number of hydrogen-bond donors (Lipinski definition) is 1. The van der Waals surface area contributed by atoms with Crippen molar-refractivity contribution in [1.29, 1.82) is 0 Å². The monoisotopic (exact) mass is 317 g/mol. The average molecular weight is 317 g/mol. The van der Waals surface area contributed by atoms with E-state index in [2.05, 4.69) is 15.0 Å². The molecule has 118 valence electrons. The molecule has 0 radical (unpaired) electrons. The molecule has 0 aliphatic heterocycles. The molecule has 1 N–H and O–H groups in total. The number of rotatable bonds is 3. The number of aromatic nitrogens is 3. The molecule has 0 spiro atoms. The summed E-state index contributed by atoms with van der Waals surface area (Å²) in [6.45, 7) is 1.94. The van der Waals surface area contributed by atoms with Crippen molar-refractivity contribution in [1.82, 2.24) is 15.0 Å². The lowest BCUT2D eigenvalue weighted by Crippen LogP contribution is -2.04. The van der Waals surface area contributed by atoms with Crippen LogP contribution >= 0.6 is 0 Å². The molecule has 0 unspecified atom stereocenters. The fraction of sp³-hybridized carbons (Fsp3) is 0.176. The van der Waals surface area contributed by atoms with Crippen molar-refractivity contribution in [3.05, 3.63) is 60.2 Å². The zero-order chi connectivity index (χ0) is 16.4. The zero-order valence-electron chi connectivity index (χ0n) is 12.4. The molecule has 3 nitrogen and oxygen atoms in total. The van der Waals surface area contributed by atoms with Crippen LogP contribution in [0.5, 0.6) is 0 Å². The van der Waals surface area contributed by atoms with Crippen molar-refractivity contribution >= 4 is 0 Å². The van der Waals surface area contributed by atoms with Gasteiger partial charge < -0.3 is 4.98 Å². The van der Waals surface area contributed by atoms with Gasteiger partial charge in [0.1, 0.15) is 5.82 Å². The lowest BCUT2D eigenvalue weighted by atomic mass is 10.0. The van der Waals surface area contributed by atoms with E-state index in [1.54, 1.807) is 30.6 Å². The Balaban J connectivity index is 2.15. The minimum atomic E-state index is -4.38. The molecular weight excluding hydrogens is 303 g/mol. The summed E-state index contributed by atoms with van der Waals surface area (Å²) >= 11 is 0. The maximum absolute atomic E-state index is 12.9. The third-order valence-electron chi connectivity index (χ3n) is 3.52. The summed E-state index contributed by atoms with van der Waals surface area (Å²) in [5, 5.41) is 0. The van der Waals surface area contributed by atoms with E-state index < -0.39 is 11.7 Å². The van der Waals surface area contributed by atoms with Crippen LogP contribution in [-0.2, 0) is 12.6 Å². The van der Waals surface area contributed by atoms with Crippen LogP contribution in [0.25, 0.3) is 22.5 Å². The molecule has 0 aliphatic rings. The topological polar surface area (TPSA) is 41.6 Å². The first-order valence-electron chi connectivity index (χ1n) is 7.16. The van der Waals surface area contributed by atoms with Crippen molar-refractivity contribution in [3.63, 3.8) is 0 Å². The zero-order valence-corrected chi connectivity index (χ0v) is 12.4. The maximum atomic E-state index is 12.9. The summed E-state index contributed by atoms with van der Waals surface area (Å²) in [5.74, 6) is 0.726. The Morgan fingerprint density at radius 1 is 1.04 bits per heavy atom. The number of nitrogens with zero attached hydrogens (tertiary/aromatic N) is 2. The van der Waals surface area contributed by atoms with Crippen LogP contribution in [0.4, 0.5) is 13.2 Å². The van der Waals surface area contributed by atoms with Gasteiger partial charge in [-0.25, -0.2) is 4.98 Å². The van der Waals surface area contributed by atoms with Crippen molar-refractivity contribution < 1.29 is 13.2 Å². The number of pyridine rings is 1. The fourth-order valence-corrected chi connectivity index (χ4v) is 2.37. The van der Waals surface area contributed by atoms with Gasteiger partial charge in [0.05, 0.1) is 17.0 Å². The second-order valence-corrected chi connectivity index (χ2v) is 5.08. The van der Waals surface area contributed by atoms with Crippen LogP contribution in [0.2, 0.25) is 0 Å². The molecular formula is C17H14F3N3. The van der Waals surface area contributed by atoms with Gasteiger partial charge in [-0.2, -0.15) is 13.2 Å². The number of benzene rings is 1. The first-order valence-corrected chi connectivity index (χ1v) is 7.16.